The number of nitrogens with one attached hydrogen (secondary N) is 2. The van der Waals surface area contributed by atoms with Crippen LogP contribution in [0.3, 0.4) is 0 Å². The minimum Gasteiger partial charge on any atom is -0.466 e. The van der Waals surface area contributed by atoms with Gasteiger partial charge in [0.1, 0.15) is 6.42 Å². The maximum Gasteiger partial charge on any atom is 0.315 e. The summed E-state index contributed by atoms with van der Waals surface area (Å²) < 4.78 is 4.59. The summed E-state index contributed by atoms with van der Waals surface area (Å²) in [5, 5.41) is 0. The number of ether oxygens (including phenoxy) is 1. The van der Waals surface area contributed by atoms with E-state index in [9.17, 15) is 14.4 Å². The van der Waals surface area contributed by atoms with Gasteiger partial charge in [-0.25, -0.2) is 0 Å². The number of hydrazine groups is 1. The van der Waals surface area contributed by atoms with E-state index in [1.807, 2.05) is 0 Å². The maximum atomic E-state index is 11.7. The van der Waals surface area contributed by atoms with Crippen molar-refractivity contribution in [3.05, 3.63) is 29.8 Å². The molecular weight excluding hydrogens is 250 g/mol. The highest BCUT2D eigenvalue weighted by molar-refractivity contribution is 6.01. The van der Waals surface area contributed by atoms with E-state index in [1.165, 1.54) is 6.07 Å². The van der Waals surface area contributed by atoms with Crippen LogP contribution in [0.4, 0.5) is 5.69 Å². The van der Waals surface area contributed by atoms with Crippen LogP contribution in [0.1, 0.15) is 23.7 Å². The highest BCUT2D eigenvalue weighted by Crippen LogP contribution is 2.09. The summed E-state index contributed by atoms with van der Waals surface area (Å²) in [4.78, 5) is 34.0. The molecule has 102 valence electrons. The van der Waals surface area contributed by atoms with Crippen molar-refractivity contribution in [3.8, 4) is 0 Å². The second kappa shape index (κ2) is 7.00. The lowest BCUT2D eigenvalue weighted by molar-refractivity contribution is -0.146. The standard InChI is InChI=1S/C12H15N3O4/c1-2-19-11(17)7-10(16)14-15-12(18)8-5-3-4-6-9(8)13/h3-6H,2,7,13H2,1H3,(H,14,16)(H,15,18). The normalized spacial score (nSPS) is 9.53. The molecule has 0 fully saturated rings. The SMILES string of the molecule is CCOC(=O)CC(=O)NNC(=O)c1ccccc1N. The smallest absolute Gasteiger partial charge is 0.315 e. The van der Waals surface area contributed by atoms with Gasteiger partial charge >= 0.3 is 5.97 Å². The number of nitrogens with two attached hydrogens (primary N) is 1. The van der Waals surface area contributed by atoms with Crippen molar-refractivity contribution in [2.24, 2.45) is 0 Å². The molecule has 0 aromatic heterocycles. The van der Waals surface area contributed by atoms with Gasteiger partial charge in [0.25, 0.3) is 5.91 Å². The van der Waals surface area contributed by atoms with Gasteiger partial charge in [0.15, 0.2) is 0 Å². The van der Waals surface area contributed by atoms with E-state index < -0.39 is 24.2 Å². The van der Waals surface area contributed by atoms with Crippen LogP contribution in [0, 0.1) is 0 Å². The molecule has 0 atom stereocenters. The first-order chi connectivity index (χ1) is 9.04. The minimum absolute atomic E-state index is 0.193. The number of esters is 1. The molecule has 1 aromatic rings. The number of carbonyl (C=O) groups excluding carboxylic acids is 3. The first-order valence-corrected chi connectivity index (χ1v) is 5.64. The van der Waals surface area contributed by atoms with Crippen LogP contribution in [0.15, 0.2) is 24.3 Å². The second-order valence-corrected chi connectivity index (χ2v) is 3.57. The zero-order valence-corrected chi connectivity index (χ0v) is 10.4. The third-order valence-electron chi connectivity index (χ3n) is 2.13. The van der Waals surface area contributed by atoms with E-state index in [4.69, 9.17) is 5.73 Å². The fourth-order valence-electron chi connectivity index (χ4n) is 1.28. The van der Waals surface area contributed by atoms with Gasteiger partial charge in [-0.2, -0.15) is 0 Å². The topological polar surface area (TPSA) is 111 Å². The van der Waals surface area contributed by atoms with Crippen LogP contribution in [-0.4, -0.2) is 24.4 Å². The molecule has 0 saturated carbocycles. The number of benzene rings is 1. The Hall–Kier alpha value is -2.57. The van der Waals surface area contributed by atoms with E-state index in [-0.39, 0.29) is 12.2 Å². The van der Waals surface area contributed by atoms with Crippen LogP contribution in [-0.2, 0) is 14.3 Å². The van der Waals surface area contributed by atoms with Crippen LogP contribution >= 0.6 is 0 Å². The number of nitrogen functional groups attached to an aromatic ring is 1. The van der Waals surface area contributed by atoms with Gasteiger partial charge < -0.3 is 10.5 Å². The van der Waals surface area contributed by atoms with E-state index in [0.29, 0.717) is 5.69 Å². The number of carbonyl (C=O) groups is 3. The second-order valence-electron chi connectivity index (χ2n) is 3.57. The quantitative estimate of drug-likeness (QED) is 0.307. The number of para-hydroxylation sites is 1. The molecule has 0 unspecified atom stereocenters. The fraction of sp³-hybridized carbons (Fsp3) is 0.250. The highest BCUT2D eigenvalue weighted by Gasteiger charge is 2.12. The Morgan fingerprint density at radius 2 is 1.89 bits per heavy atom. The molecule has 0 aliphatic heterocycles. The lowest BCUT2D eigenvalue weighted by Gasteiger charge is -2.08. The number of hydrogen-bond donors (Lipinski definition) is 3. The fourth-order valence-corrected chi connectivity index (χ4v) is 1.28. The van der Waals surface area contributed by atoms with Crippen molar-refractivity contribution in [3.63, 3.8) is 0 Å². The summed E-state index contributed by atoms with van der Waals surface area (Å²) in [6.07, 6.45) is -0.460. The Bertz CT molecular complexity index is 488. The zero-order chi connectivity index (χ0) is 14.3. The molecule has 19 heavy (non-hydrogen) atoms. The summed E-state index contributed by atoms with van der Waals surface area (Å²) in [6, 6.07) is 6.41. The number of hydrogen-bond acceptors (Lipinski definition) is 5. The monoisotopic (exact) mass is 265 g/mol. The maximum absolute atomic E-state index is 11.7. The molecule has 2 amide bonds. The first-order valence-electron chi connectivity index (χ1n) is 5.64. The number of amides is 2. The van der Waals surface area contributed by atoms with Crippen molar-refractivity contribution >= 4 is 23.5 Å². The Morgan fingerprint density at radius 3 is 2.53 bits per heavy atom. The van der Waals surface area contributed by atoms with Crippen molar-refractivity contribution < 1.29 is 19.1 Å². The average Bonchev–Trinajstić information content (AvgIpc) is 2.36. The molecule has 7 nitrogen and oxygen atoms in total. The average molecular weight is 265 g/mol. The van der Waals surface area contributed by atoms with Crippen LogP contribution in [0.2, 0.25) is 0 Å². The van der Waals surface area contributed by atoms with Gasteiger partial charge in [-0.1, -0.05) is 12.1 Å². The number of anilines is 1. The minimum atomic E-state index is -0.665. The van der Waals surface area contributed by atoms with Crippen molar-refractivity contribution in [1.29, 1.82) is 0 Å². The molecule has 1 rings (SSSR count). The van der Waals surface area contributed by atoms with Gasteiger partial charge in [-0.05, 0) is 19.1 Å². The van der Waals surface area contributed by atoms with Gasteiger partial charge in [0, 0.05) is 5.69 Å². The molecular formula is C12H15N3O4. The lowest BCUT2D eigenvalue weighted by atomic mass is 10.2. The van der Waals surface area contributed by atoms with Crippen LogP contribution in [0.25, 0.3) is 0 Å². The lowest BCUT2D eigenvalue weighted by Crippen LogP contribution is -2.42. The molecule has 0 aliphatic carbocycles. The predicted octanol–water partition coefficient (Wildman–Crippen LogP) is -0.0170. The van der Waals surface area contributed by atoms with Crippen LogP contribution in [0.5, 0.6) is 0 Å². The molecule has 7 heteroatoms. The van der Waals surface area contributed by atoms with Gasteiger partial charge in [0.2, 0.25) is 5.91 Å². The Kier molecular flexibility index (Phi) is 5.34. The third-order valence-corrected chi connectivity index (χ3v) is 2.13. The van der Waals surface area contributed by atoms with Crippen LogP contribution < -0.4 is 16.6 Å². The van der Waals surface area contributed by atoms with Gasteiger partial charge in [0.05, 0.1) is 12.2 Å². The summed E-state index contributed by atoms with van der Waals surface area (Å²) in [5.41, 5.74) is 10.4. The Labute approximate surface area is 110 Å². The zero-order valence-electron chi connectivity index (χ0n) is 10.4. The van der Waals surface area contributed by atoms with Crippen molar-refractivity contribution in [1.82, 2.24) is 10.9 Å². The molecule has 1 aromatic carbocycles. The molecule has 0 radical (unpaired) electrons. The first kappa shape index (κ1) is 14.5. The Balaban J connectivity index is 2.45. The molecule has 0 saturated heterocycles. The van der Waals surface area contributed by atoms with E-state index in [1.54, 1.807) is 25.1 Å². The summed E-state index contributed by atoms with van der Waals surface area (Å²) in [5.74, 6) is -1.88. The third kappa shape index (κ3) is 4.66. The van der Waals surface area contributed by atoms with Crippen molar-refractivity contribution in [2.45, 2.75) is 13.3 Å². The van der Waals surface area contributed by atoms with Gasteiger partial charge in [-0.3, -0.25) is 25.2 Å². The molecule has 0 bridgehead atoms. The van der Waals surface area contributed by atoms with E-state index in [2.05, 4.69) is 15.6 Å². The highest BCUT2D eigenvalue weighted by atomic mass is 16.5. The molecule has 4 N–H and O–H groups in total. The summed E-state index contributed by atoms with van der Waals surface area (Å²) >= 11 is 0. The van der Waals surface area contributed by atoms with Gasteiger partial charge in [-0.15, -0.1) is 0 Å². The predicted molar refractivity (Wildman–Crippen MR) is 67.7 cm³/mol. The Morgan fingerprint density at radius 1 is 1.21 bits per heavy atom. The molecule has 0 heterocycles. The molecule has 0 spiro atoms. The summed E-state index contributed by atoms with van der Waals surface area (Å²) in [7, 11) is 0. The van der Waals surface area contributed by atoms with Crippen molar-refractivity contribution in [2.75, 3.05) is 12.3 Å². The number of rotatable bonds is 4. The summed E-state index contributed by atoms with van der Waals surface area (Å²) in [6.45, 7) is 1.83. The largest absolute Gasteiger partial charge is 0.466 e. The van der Waals surface area contributed by atoms with E-state index in [0.717, 1.165) is 0 Å². The van der Waals surface area contributed by atoms with E-state index >= 15 is 0 Å². The molecule has 0 aliphatic rings.